The maximum Gasteiger partial charge on any atom is 0.259 e. The van der Waals surface area contributed by atoms with E-state index in [1.54, 1.807) is 6.20 Å². The number of H-pyrrole nitrogens is 1. The van der Waals surface area contributed by atoms with E-state index in [1.165, 1.54) is 22.8 Å². The molecule has 1 atom stereocenters. The summed E-state index contributed by atoms with van der Waals surface area (Å²) in [6.07, 6.45) is 3.45. The lowest BCUT2D eigenvalue weighted by molar-refractivity contribution is 0.0733. The normalized spacial score (nSPS) is 17.5. The highest BCUT2D eigenvalue weighted by Gasteiger charge is 2.32. The van der Waals surface area contributed by atoms with Crippen LogP contribution in [0.1, 0.15) is 51.6 Å². The van der Waals surface area contributed by atoms with Crippen LogP contribution in [0.5, 0.6) is 0 Å². The molecule has 0 saturated carbocycles. The van der Waals surface area contributed by atoms with Crippen LogP contribution in [0.25, 0.3) is 0 Å². The predicted octanol–water partition coefficient (Wildman–Crippen LogP) is 3.28. The standard InChI is InChI=1S/C19H22N2O2/c1-12-6-7-13(2)15(9-12)17-5-4-8-21(17)19(23)16-11-20-14(3)10-18(16)22/h6-7,9-11,17H,4-5,8H2,1-3H3,(H,20,22). The molecular weight excluding hydrogens is 288 g/mol. The van der Waals surface area contributed by atoms with Crippen LogP contribution in [0.3, 0.4) is 0 Å². The Balaban J connectivity index is 1.97. The van der Waals surface area contributed by atoms with E-state index in [0.29, 0.717) is 6.54 Å². The number of aromatic nitrogens is 1. The molecule has 4 nitrogen and oxygen atoms in total. The summed E-state index contributed by atoms with van der Waals surface area (Å²) < 4.78 is 0. The van der Waals surface area contributed by atoms with Gasteiger partial charge in [-0.3, -0.25) is 9.59 Å². The van der Waals surface area contributed by atoms with Crippen LogP contribution in [-0.4, -0.2) is 22.3 Å². The molecule has 0 radical (unpaired) electrons. The molecule has 1 fully saturated rings. The van der Waals surface area contributed by atoms with Crippen molar-refractivity contribution in [2.75, 3.05) is 6.54 Å². The smallest absolute Gasteiger partial charge is 0.259 e. The lowest BCUT2D eigenvalue weighted by Crippen LogP contribution is -2.34. The van der Waals surface area contributed by atoms with Crippen LogP contribution in [0.2, 0.25) is 0 Å². The molecule has 1 amide bonds. The highest BCUT2D eigenvalue weighted by atomic mass is 16.2. The first-order valence-corrected chi connectivity index (χ1v) is 8.05. The molecule has 1 saturated heterocycles. The molecule has 0 aliphatic carbocycles. The second kappa shape index (κ2) is 6.03. The van der Waals surface area contributed by atoms with Crippen molar-refractivity contribution in [1.82, 2.24) is 9.88 Å². The molecule has 1 aromatic carbocycles. The number of hydrogen-bond donors (Lipinski definition) is 1. The van der Waals surface area contributed by atoms with Crippen LogP contribution in [0.4, 0.5) is 0 Å². The maximum atomic E-state index is 12.9. The fourth-order valence-corrected chi connectivity index (χ4v) is 3.35. The zero-order valence-corrected chi connectivity index (χ0v) is 13.8. The summed E-state index contributed by atoms with van der Waals surface area (Å²) in [6, 6.07) is 7.89. The van der Waals surface area contributed by atoms with E-state index in [9.17, 15) is 9.59 Å². The van der Waals surface area contributed by atoms with E-state index in [-0.39, 0.29) is 22.9 Å². The number of aromatic amines is 1. The van der Waals surface area contributed by atoms with Gasteiger partial charge in [-0.15, -0.1) is 0 Å². The number of carbonyl (C=O) groups is 1. The van der Waals surface area contributed by atoms with Crippen molar-refractivity contribution in [1.29, 1.82) is 0 Å². The van der Waals surface area contributed by atoms with Gasteiger partial charge in [0.1, 0.15) is 5.56 Å². The van der Waals surface area contributed by atoms with Gasteiger partial charge in [0.15, 0.2) is 5.43 Å². The van der Waals surface area contributed by atoms with E-state index in [4.69, 9.17) is 0 Å². The molecule has 1 aromatic heterocycles. The molecule has 3 rings (SSSR count). The molecule has 4 heteroatoms. The lowest BCUT2D eigenvalue weighted by atomic mass is 9.97. The summed E-state index contributed by atoms with van der Waals surface area (Å²) in [5.41, 5.74) is 4.36. The van der Waals surface area contributed by atoms with Crippen LogP contribution in [0.15, 0.2) is 35.3 Å². The number of pyridine rings is 1. The summed E-state index contributed by atoms with van der Waals surface area (Å²) in [5.74, 6) is -0.172. The van der Waals surface area contributed by atoms with E-state index in [0.717, 1.165) is 18.5 Å². The molecule has 0 spiro atoms. The molecule has 1 aliphatic rings. The third-order valence-electron chi connectivity index (χ3n) is 4.60. The SMILES string of the molecule is Cc1ccc(C)c(C2CCCN2C(=O)c2c[nH]c(C)cc2=O)c1. The highest BCUT2D eigenvalue weighted by Crippen LogP contribution is 2.34. The van der Waals surface area contributed by atoms with E-state index in [2.05, 4.69) is 37.0 Å². The third-order valence-corrected chi connectivity index (χ3v) is 4.60. The summed E-state index contributed by atoms with van der Waals surface area (Å²) >= 11 is 0. The van der Waals surface area contributed by atoms with Crippen molar-refractivity contribution >= 4 is 5.91 Å². The Labute approximate surface area is 136 Å². The van der Waals surface area contributed by atoms with Gasteiger partial charge in [0.25, 0.3) is 5.91 Å². The first-order valence-electron chi connectivity index (χ1n) is 8.05. The number of aryl methyl sites for hydroxylation is 3. The van der Waals surface area contributed by atoms with Crippen molar-refractivity contribution in [3.63, 3.8) is 0 Å². The van der Waals surface area contributed by atoms with Crippen LogP contribution < -0.4 is 5.43 Å². The Kier molecular flexibility index (Phi) is 4.07. The summed E-state index contributed by atoms with van der Waals surface area (Å²) in [4.78, 5) is 29.8. The monoisotopic (exact) mass is 310 g/mol. The van der Waals surface area contributed by atoms with Gasteiger partial charge in [0, 0.05) is 24.5 Å². The van der Waals surface area contributed by atoms with Crippen molar-refractivity contribution in [2.24, 2.45) is 0 Å². The van der Waals surface area contributed by atoms with Crippen molar-refractivity contribution < 1.29 is 4.79 Å². The van der Waals surface area contributed by atoms with Gasteiger partial charge >= 0.3 is 0 Å². The van der Waals surface area contributed by atoms with Crippen molar-refractivity contribution in [2.45, 2.75) is 39.7 Å². The van der Waals surface area contributed by atoms with Gasteiger partial charge in [-0.05, 0) is 44.7 Å². The minimum absolute atomic E-state index is 0.0584. The fourth-order valence-electron chi connectivity index (χ4n) is 3.35. The van der Waals surface area contributed by atoms with Gasteiger partial charge in [-0.2, -0.15) is 0 Å². The molecule has 2 heterocycles. The molecule has 0 bridgehead atoms. The average Bonchev–Trinajstić information content (AvgIpc) is 2.98. The number of benzene rings is 1. The number of likely N-dealkylation sites (tertiary alicyclic amines) is 1. The Morgan fingerprint density at radius 1 is 1.22 bits per heavy atom. The fraction of sp³-hybridized carbons (Fsp3) is 0.368. The van der Waals surface area contributed by atoms with Gasteiger partial charge in [0.2, 0.25) is 0 Å². The minimum Gasteiger partial charge on any atom is -0.364 e. The van der Waals surface area contributed by atoms with Gasteiger partial charge in [0.05, 0.1) is 6.04 Å². The number of rotatable bonds is 2. The van der Waals surface area contributed by atoms with E-state index in [1.807, 2.05) is 11.8 Å². The predicted molar refractivity (Wildman–Crippen MR) is 90.7 cm³/mol. The number of nitrogens with one attached hydrogen (secondary N) is 1. The Morgan fingerprint density at radius 2 is 2.00 bits per heavy atom. The second-order valence-corrected chi connectivity index (χ2v) is 6.41. The summed E-state index contributed by atoms with van der Waals surface area (Å²) in [5, 5.41) is 0. The van der Waals surface area contributed by atoms with Crippen molar-refractivity contribution in [3.05, 3.63) is 68.6 Å². The van der Waals surface area contributed by atoms with Crippen LogP contribution >= 0.6 is 0 Å². The molecule has 1 aliphatic heterocycles. The van der Waals surface area contributed by atoms with Crippen LogP contribution in [0, 0.1) is 20.8 Å². The molecule has 23 heavy (non-hydrogen) atoms. The Bertz CT molecular complexity index is 807. The quantitative estimate of drug-likeness (QED) is 0.925. The Morgan fingerprint density at radius 3 is 2.74 bits per heavy atom. The topological polar surface area (TPSA) is 53.2 Å². The average molecular weight is 310 g/mol. The first kappa shape index (κ1) is 15.5. The highest BCUT2D eigenvalue weighted by molar-refractivity contribution is 5.94. The van der Waals surface area contributed by atoms with E-state index >= 15 is 0 Å². The van der Waals surface area contributed by atoms with Gasteiger partial charge < -0.3 is 9.88 Å². The molecule has 120 valence electrons. The molecular formula is C19H22N2O2. The first-order chi connectivity index (χ1) is 11.0. The zero-order valence-electron chi connectivity index (χ0n) is 13.8. The number of carbonyl (C=O) groups excluding carboxylic acids is 1. The zero-order chi connectivity index (χ0) is 16.6. The number of hydrogen-bond acceptors (Lipinski definition) is 2. The lowest BCUT2D eigenvalue weighted by Gasteiger charge is -2.26. The summed E-state index contributed by atoms with van der Waals surface area (Å²) in [7, 11) is 0. The number of amides is 1. The Hall–Kier alpha value is -2.36. The third kappa shape index (κ3) is 2.93. The maximum absolute atomic E-state index is 12.9. The second-order valence-electron chi connectivity index (χ2n) is 6.41. The van der Waals surface area contributed by atoms with Gasteiger partial charge in [-0.1, -0.05) is 23.8 Å². The minimum atomic E-state index is -0.210. The summed E-state index contributed by atoms with van der Waals surface area (Å²) in [6.45, 7) is 6.65. The van der Waals surface area contributed by atoms with Crippen LogP contribution in [-0.2, 0) is 0 Å². The molecule has 1 unspecified atom stereocenters. The molecule has 1 N–H and O–H groups in total. The van der Waals surface area contributed by atoms with E-state index < -0.39 is 0 Å². The van der Waals surface area contributed by atoms with Gasteiger partial charge in [-0.25, -0.2) is 0 Å². The largest absolute Gasteiger partial charge is 0.364 e. The molecule has 2 aromatic rings. The number of nitrogens with zero attached hydrogens (tertiary/aromatic N) is 1. The van der Waals surface area contributed by atoms with Crippen molar-refractivity contribution in [3.8, 4) is 0 Å².